The Kier molecular flexibility index (Phi) is 10.7. The molecule has 0 saturated carbocycles. The van der Waals surface area contributed by atoms with Gasteiger partial charge >= 0.3 is 0 Å². The van der Waals surface area contributed by atoms with Crippen molar-refractivity contribution in [1.82, 2.24) is 16.0 Å². The summed E-state index contributed by atoms with van der Waals surface area (Å²) in [5.41, 5.74) is 15.2. The zero-order valence-electron chi connectivity index (χ0n) is 20.6. The third-order valence-electron chi connectivity index (χ3n) is 5.78. The fourth-order valence-electron chi connectivity index (χ4n) is 3.87. The van der Waals surface area contributed by atoms with Crippen molar-refractivity contribution in [3.05, 3.63) is 64.7 Å². The summed E-state index contributed by atoms with van der Waals surface area (Å²) in [5, 5.41) is 18.1. The zero-order chi connectivity index (χ0) is 26.0. The first-order valence-corrected chi connectivity index (χ1v) is 11.8. The van der Waals surface area contributed by atoms with Gasteiger partial charge in [0.05, 0.1) is 12.1 Å². The van der Waals surface area contributed by atoms with Crippen molar-refractivity contribution in [2.75, 3.05) is 13.1 Å². The summed E-state index contributed by atoms with van der Waals surface area (Å²) in [6.07, 6.45) is 1.02. The average Bonchev–Trinajstić information content (AvgIpc) is 2.80. The van der Waals surface area contributed by atoms with Crippen LogP contribution in [0.5, 0.6) is 5.75 Å². The van der Waals surface area contributed by atoms with E-state index in [1.807, 2.05) is 44.2 Å². The van der Waals surface area contributed by atoms with E-state index >= 15 is 0 Å². The Labute approximate surface area is 206 Å². The SMILES string of the molecule is Cc1cc(O)cc(C)c1C[C@H](N)C(=O)N[C@H](C)C(=O)NC[C@H](Cc1ccccc1)NC(=O)CCN. The highest BCUT2D eigenvalue weighted by Crippen LogP contribution is 2.21. The van der Waals surface area contributed by atoms with Crippen LogP contribution in [-0.2, 0) is 27.2 Å². The number of amides is 3. The maximum absolute atomic E-state index is 12.6. The van der Waals surface area contributed by atoms with Crippen LogP contribution in [0.3, 0.4) is 0 Å². The number of carbonyl (C=O) groups is 3. The highest BCUT2D eigenvalue weighted by Gasteiger charge is 2.22. The monoisotopic (exact) mass is 483 g/mol. The zero-order valence-corrected chi connectivity index (χ0v) is 20.6. The second-order valence-corrected chi connectivity index (χ2v) is 8.84. The Morgan fingerprint density at radius 1 is 0.971 bits per heavy atom. The quantitative estimate of drug-likeness (QED) is 0.259. The summed E-state index contributed by atoms with van der Waals surface area (Å²) in [7, 11) is 0. The number of phenols is 1. The summed E-state index contributed by atoms with van der Waals surface area (Å²) in [4.78, 5) is 37.3. The van der Waals surface area contributed by atoms with Crippen molar-refractivity contribution < 1.29 is 19.5 Å². The van der Waals surface area contributed by atoms with E-state index in [4.69, 9.17) is 11.5 Å². The molecule has 8 N–H and O–H groups in total. The van der Waals surface area contributed by atoms with Gasteiger partial charge in [0.1, 0.15) is 11.8 Å². The molecule has 0 heterocycles. The highest BCUT2D eigenvalue weighted by molar-refractivity contribution is 5.89. The first-order chi connectivity index (χ1) is 16.6. The Morgan fingerprint density at radius 3 is 2.20 bits per heavy atom. The molecule has 0 spiro atoms. The van der Waals surface area contributed by atoms with Crippen LogP contribution in [0, 0.1) is 13.8 Å². The minimum atomic E-state index is -0.853. The largest absolute Gasteiger partial charge is 0.508 e. The summed E-state index contributed by atoms with van der Waals surface area (Å²) in [5.74, 6) is -0.850. The van der Waals surface area contributed by atoms with Gasteiger partial charge in [0.15, 0.2) is 0 Å². The molecule has 2 rings (SSSR count). The average molecular weight is 484 g/mol. The Hall–Kier alpha value is -3.43. The number of carbonyl (C=O) groups excluding carboxylic acids is 3. The number of rotatable bonds is 12. The Balaban J connectivity index is 1.92. The standard InChI is InChI=1S/C26H37N5O4/c1-16-11-21(32)12-17(2)22(16)14-23(28)26(35)30-18(3)25(34)29-15-20(31-24(33)9-10-27)13-19-7-5-4-6-8-19/h4-8,11-12,18,20,23,32H,9-10,13-15,27-28H2,1-3H3,(H,29,34)(H,30,35)(H,31,33)/t18-,20+,23+/m1/s1. The number of benzene rings is 2. The topological polar surface area (TPSA) is 160 Å². The van der Waals surface area contributed by atoms with Gasteiger partial charge in [-0.25, -0.2) is 0 Å². The molecule has 0 aliphatic rings. The van der Waals surface area contributed by atoms with Gasteiger partial charge in [0.2, 0.25) is 17.7 Å². The molecule has 0 saturated heterocycles. The van der Waals surface area contributed by atoms with E-state index in [9.17, 15) is 19.5 Å². The maximum Gasteiger partial charge on any atom is 0.242 e. The van der Waals surface area contributed by atoms with Crippen LogP contribution in [0.25, 0.3) is 0 Å². The van der Waals surface area contributed by atoms with Crippen LogP contribution in [-0.4, -0.2) is 54.0 Å². The lowest BCUT2D eigenvalue weighted by molar-refractivity contribution is -0.129. The number of aromatic hydroxyl groups is 1. The number of nitrogens with one attached hydrogen (secondary N) is 3. The molecule has 0 bridgehead atoms. The van der Waals surface area contributed by atoms with Crippen LogP contribution in [0.1, 0.15) is 35.6 Å². The summed E-state index contributed by atoms with van der Waals surface area (Å²) >= 11 is 0. The second-order valence-electron chi connectivity index (χ2n) is 8.84. The van der Waals surface area contributed by atoms with Crippen molar-refractivity contribution in [1.29, 1.82) is 0 Å². The molecular weight excluding hydrogens is 446 g/mol. The van der Waals surface area contributed by atoms with Crippen molar-refractivity contribution in [3.63, 3.8) is 0 Å². The van der Waals surface area contributed by atoms with Crippen LogP contribution >= 0.6 is 0 Å². The number of aryl methyl sites for hydroxylation is 2. The molecule has 0 aromatic heterocycles. The lowest BCUT2D eigenvalue weighted by Crippen LogP contribution is -2.53. The van der Waals surface area contributed by atoms with Crippen molar-refractivity contribution in [3.8, 4) is 5.75 Å². The van der Waals surface area contributed by atoms with E-state index in [1.165, 1.54) is 0 Å². The number of nitrogens with two attached hydrogens (primary N) is 2. The molecule has 35 heavy (non-hydrogen) atoms. The molecule has 190 valence electrons. The molecule has 3 atom stereocenters. The fraction of sp³-hybridized carbons (Fsp3) is 0.423. The van der Waals surface area contributed by atoms with E-state index in [0.29, 0.717) is 6.42 Å². The summed E-state index contributed by atoms with van der Waals surface area (Å²) in [6.45, 7) is 5.71. The van der Waals surface area contributed by atoms with E-state index in [-0.39, 0.29) is 49.5 Å². The molecule has 0 radical (unpaired) electrons. The molecule has 0 aliphatic carbocycles. The molecule has 9 heteroatoms. The predicted octanol–water partition coefficient (Wildman–Crippen LogP) is 0.576. The van der Waals surface area contributed by atoms with Crippen LogP contribution in [0.4, 0.5) is 0 Å². The first kappa shape index (κ1) is 27.8. The minimum absolute atomic E-state index is 0.164. The molecular formula is C26H37N5O4. The Morgan fingerprint density at radius 2 is 1.60 bits per heavy atom. The van der Waals surface area contributed by atoms with Crippen LogP contribution in [0.15, 0.2) is 42.5 Å². The Bertz CT molecular complexity index is 989. The highest BCUT2D eigenvalue weighted by atomic mass is 16.3. The molecule has 2 aromatic rings. The van der Waals surface area contributed by atoms with Gasteiger partial charge < -0.3 is 32.5 Å². The molecule has 2 aromatic carbocycles. The lowest BCUT2D eigenvalue weighted by Gasteiger charge is -2.22. The predicted molar refractivity (Wildman–Crippen MR) is 136 cm³/mol. The third-order valence-corrected chi connectivity index (χ3v) is 5.78. The second kappa shape index (κ2) is 13.5. The molecule has 0 fully saturated rings. The lowest BCUT2D eigenvalue weighted by atomic mass is 9.96. The summed E-state index contributed by atoms with van der Waals surface area (Å²) in [6, 6.07) is 10.9. The normalized spacial score (nSPS) is 13.4. The van der Waals surface area contributed by atoms with Crippen LogP contribution in [0.2, 0.25) is 0 Å². The van der Waals surface area contributed by atoms with E-state index < -0.39 is 18.0 Å². The third kappa shape index (κ3) is 9.03. The molecule has 3 amide bonds. The van der Waals surface area contributed by atoms with Crippen molar-refractivity contribution in [2.45, 2.75) is 58.2 Å². The smallest absolute Gasteiger partial charge is 0.242 e. The first-order valence-electron chi connectivity index (χ1n) is 11.8. The minimum Gasteiger partial charge on any atom is -0.508 e. The van der Waals surface area contributed by atoms with Gasteiger partial charge in [-0.3, -0.25) is 14.4 Å². The van der Waals surface area contributed by atoms with Gasteiger partial charge in [-0.15, -0.1) is 0 Å². The summed E-state index contributed by atoms with van der Waals surface area (Å²) < 4.78 is 0. The van der Waals surface area contributed by atoms with Crippen molar-refractivity contribution in [2.24, 2.45) is 11.5 Å². The molecule has 9 nitrogen and oxygen atoms in total. The van der Waals surface area contributed by atoms with Gasteiger partial charge in [-0.2, -0.15) is 0 Å². The molecule has 0 unspecified atom stereocenters. The van der Waals surface area contributed by atoms with Gasteiger partial charge in [-0.05, 0) is 68.0 Å². The molecule has 0 aliphatic heterocycles. The fourth-order valence-corrected chi connectivity index (χ4v) is 3.87. The van der Waals surface area contributed by atoms with E-state index in [1.54, 1.807) is 19.1 Å². The number of hydrogen-bond acceptors (Lipinski definition) is 6. The van der Waals surface area contributed by atoms with E-state index in [0.717, 1.165) is 22.3 Å². The maximum atomic E-state index is 12.6. The van der Waals surface area contributed by atoms with E-state index in [2.05, 4.69) is 16.0 Å². The van der Waals surface area contributed by atoms with Crippen molar-refractivity contribution >= 4 is 17.7 Å². The van der Waals surface area contributed by atoms with Gasteiger partial charge in [-0.1, -0.05) is 30.3 Å². The number of hydrogen-bond donors (Lipinski definition) is 6. The van der Waals surface area contributed by atoms with Gasteiger partial charge in [0.25, 0.3) is 0 Å². The van der Waals surface area contributed by atoms with Crippen LogP contribution < -0.4 is 27.4 Å². The van der Waals surface area contributed by atoms with Gasteiger partial charge in [0, 0.05) is 19.5 Å². The number of phenolic OH excluding ortho intramolecular Hbond substituents is 1.